The van der Waals surface area contributed by atoms with Crippen LogP contribution < -0.4 is 4.90 Å². The van der Waals surface area contributed by atoms with E-state index in [1.54, 1.807) is 0 Å². The summed E-state index contributed by atoms with van der Waals surface area (Å²) in [7, 11) is 0. The van der Waals surface area contributed by atoms with Crippen LogP contribution >= 0.6 is 11.6 Å². The predicted octanol–water partition coefficient (Wildman–Crippen LogP) is 4.10. The maximum Gasteiger partial charge on any atom is 0.0712 e. The predicted molar refractivity (Wildman–Crippen MR) is 94.9 cm³/mol. The van der Waals surface area contributed by atoms with E-state index in [1.165, 1.54) is 16.8 Å². The number of piperazine rings is 1. The van der Waals surface area contributed by atoms with Gasteiger partial charge in [0.15, 0.2) is 0 Å². The zero-order valence-corrected chi connectivity index (χ0v) is 13.8. The van der Waals surface area contributed by atoms with Crippen LogP contribution in [0.15, 0.2) is 54.6 Å². The number of alkyl halides is 1. The van der Waals surface area contributed by atoms with Gasteiger partial charge in [-0.2, -0.15) is 0 Å². The van der Waals surface area contributed by atoms with Crippen LogP contribution in [-0.2, 0) is 0 Å². The summed E-state index contributed by atoms with van der Waals surface area (Å²) in [5.74, 6) is 0. The first-order valence-electron chi connectivity index (χ1n) is 7.95. The van der Waals surface area contributed by atoms with Gasteiger partial charge in [-0.05, 0) is 24.6 Å². The number of hydrogen-bond acceptors (Lipinski definition) is 2. The molecule has 2 nitrogen and oxygen atoms in total. The quantitative estimate of drug-likeness (QED) is 0.784. The zero-order valence-electron chi connectivity index (χ0n) is 13.1. The second kappa shape index (κ2) is 7.17. The molecule has 3 heteroatoms. The molecule has 116 valence electrons. The van der Waals surface area contributed by atoms with Gasteiger partial charge in [-0.1, -0.05) is 48.0 Å². The molecular formula is C19H23ClN2. The average molecular weight is 315 g/mol. The lowest BCUT2D eigenvalue weighted by Crippen LogP contribution is -2.47. The standard InChI is InChI=1S/C19H23ClN2/c1-16-7-9-17(10-8-16)19(20)15-21-11-13-22(14-12-21)18-5-3-2-4-6-18/h2-10,19H,11-15H2,1H3. The van der Waals surface area contributed by atoms with Crippen molar-refractivity contribution in [3.63, 3.8) is 0 Å². The van der Waals surface area contributed by atoms with Gasteiger partial charge in [-0.15, -0.1) is 11.6 Å². The number of anilines is 1. The van der Waals surface area contributed by atoms with Crippen LogP contribution in [0.5, 0.6) is 0 Å². The van der Waals surface area contributed by atoms with E-state index in [-0.39, 0.29) is 5.38 Å². The lowest BCUT2D eigenvalue weighted by molar-refractivity contribution is 0.258. The highest BCUT2D eigenvalue weighted by Gasteiger charge is 2.20. The molecule has 1 heterocycles. The summed E-state index contributed by atoms with van der Waals surface area (Å²) in [6, 6.07) is 19.2. The fourth-order valence-corrected chi connectivity index (χ4v) is 3.28. The first kappa shape index (κ1) is 15.4. The number of hydrogen-bond donors (Lipinski definition) is 0. The van der Waals surface area contributed by atoms with E-state index in [2.05, 4.69) is 71.3 Å². The second-order valence-corrected chi connectivity index (χ2v) is 6.53. The molecule has 1 atom stereocenters. The van der Waals surface area contributed by atoms with E-state index in [9.17, 15) is 0 Å². The van der Waals surface area contributed by atoms with Crippen LogP contribution in [0, 0.1) is 6.92 Å². The molecule has 0 radical (unpaired) electrons. The van der Waals surface area contributed by atoms with Crippen LogP contribution in [0.1, 0.15) is 16.5 Å². The zero-order chi connectivity index (χ0) is 15.4. The van der Waals surface area contributed by atoms with Gasteiger partial charge in [0.25, 0.3) is 0 Å². The van der Waals surface area contributed by atoms with Crippen LogP contribution in [-0.4, -0.2) is 37.6 Å². The number of halogens is 1. The summed E-state index contributed by atoms with van der Waals surface area (Å²) >= 11 is 6.59. The number of aryl methyl sites for hydroxylation is 1. The first-order chi connectivity index (χ1) is 10.7. The molecule has 22 heavy (non-hydrogen) atoms. The number of para-hydroxylation sites is 1. The monoisotopic (exact) mass is 314 g/mol. The third-order valence-electron chi connectivity index (χ3n) is 4.35. The topological polar surface area (TPSA) is 6.48 Å². The van der Waals surface area contributed by atoms with Gasteiger partial charge >= 0.3 is 0 Å². The second-order valence-electron chi connectivity index (χ2n) is 6.00. The summed E-state index contributed by atoms with van der Waals surface area (Å²) in [6.07, 6.45) is 0. The van der Waals surface area contributed by atoms with Crippen molar-refractivity contribution >= 4 is 17.3 Å². The van der Waals surface area contributed by atoms with E-state index in [0.29, 0.717) is 0 Å². The van der Waals surface area contributed by atoms with Crippen LogP contribution in [0.2, 0.25) is 0 Å². The van der Waals surface area contributed by atoms with Crippen molar-refractivity contribution in [3.05, 3.63) is 65.7 Å². The van der Waals surface area contributed by atoms with Crippen molar-refractivity contribution in [2.45, 2.75) is 12.3 Å². The molecule has 0 bridgehead atoms. The fraction of sp³-hybridized carbons (Fsp3) is 0.368. The van der Waals surface area contributed by atoms with Crippen molar-refractivity contribution in [2.24, 2.45) is 0 Å². The summed E-state index contributed by atoms with van der Waals surface area (Å²) < 4.78 is 0. The Hall–Kier alpha value is -1.51. The van der Waals surface area contributed by atoms with E-state index < -0.39 is 0 Å². The Bertz CT molecular complexity index is 574. The molecule has 1 unspecified atom stereocenters. The largest absolute Gasteiger partial charge is 0.369 e. The minimum Gasteiger partial charge on any atom is -0.369 e. The van der Waals surface area contributed by atoms with Crippen molar-refractivity contribution in [1.82, 2.24) is 4.90 Å². The van der Waals surface area contributed by atoms with Gasteiger partial charge in [0.2, 0.25) is 0 Å². The molecule has 1 fully saturated rings. The van der Waals surface area contributed by atoms with Gasteiger partial charge in [-0.25, -0.2) is 0 Å². The minimum absolute atomic E-state index is 0.0730. The summed E-state index contributed by atoms with van der Waals surface area (Å²) in [6.45, 7) is 7.32. The van der Waals surface area contributed by atoms with Gasteiger partial charge in [0.05, 0.1) is 5.38 Å². The number of rotatable bonds is 4. The van der Waals surface area contributed by atoms with Crippen molar-refractivity contribution < 1.29 is 0 Å². The molecule has 0 amide bonds. The SMILES string of the molecule is Cc1ccc(C(Cl)CN2CCN(c3ccccc3)CC2)cc1. The molecule has 0 aliphatic carbocycles. The molecule has 1 aliphatic rings. The van der Waals surface area contributed by atoms with Crippen molar-refractivity contribution in [3.8, 4) is 0 Å². The maximum absolute atomic E-state index is 6.59. The fourth-order valence-electron chi connectivity index (χ4n) is 2.93. The highest BCUT2D eigenvalue weighted by molar-refractivity contribution is 6.21. The third-order valence-corrected chi connectivity index (χ3v) is 4.74. The van der Waals surface area contributed by atoms with Crippen LogP contribution in [0.3, 0.4) is 0 Å². The van der Waals surface area contributed by atoms with Crippen molar-refractivity contribution in [1.29, 1.82) is 0 Å². The molecule has 3 rings (SSSR count). The van der Waals surface area contributed by atoms with Gasteiger partial charge in [-0.3, -0.25) is 4.90 Å². The van der Waals surface area contributed by atoms with E-state index in [1.807, 2.05) is 0 Å². The van der Waals surface area contributed by atoms with Crippen molar-refractivity contribution in [2.75, 3.05) is 37.6 Å². The lowest BCUT2D eigenvalue weighted by atomic mass is 10.1. The van der Waals surface area contributed by atoms with E-state index >= 15 is 0 Å². The molecule has 0 spiro atoms. The molecule has 2 aromatic rings. The summed E-state index contributed by atoms with van der Waals surface area (Å²) in [5, 5.41) is 0.0730. The smallest absolute Gasteiger partial charge is 0.0712 e. The maximum atomic E-state index is 6.59. The Morgan fingerprint density at radius 3 is 2.18 bits per heavy atom. The molecule has 1 aliphatic heterocycles. The first-order valence-corrected chi connectivity index (χ1v) is 8.39. The molecule has 1 saturated heterocycles. The van der Waals surface area contributed by atoms with Gasteiger partial charge in [0.1, 0.15) is 0 Å². The van der Waals surface area contributed by atoms with Gasteiger partial charge < -0.3 is 4.90 Å². The molecule has 2 aromatic carbocycles. The molecule has 0 N–H and O–H groups in total. The van der Waals surface area contributed by atoms with E-state index in [4.69, 9.17) is 11.6 Å². The van der Waals surface area contributed by atoms with Crippen LogP contribution in [0.4, 0.5) is 5.69 Å². The Morgan fingerprint density at radius 2 is 1.55 bits per heavy atom. The molecule has 0 saturated carbocycles. The number of benzene rings is 2. The Labute approximate surface area is 138 Å². The van der Waals surface area contributed by atoms with Gasteiger partial charge in [0, 0.05) is 38.4 Å². The van der Waals surface area contributed by atoms with E-state index in [0.717, 1.165) is 32.7 Å². The molecular weight excluding hydrogens is 292 g/mol. The lowest BCUT2D eigenvalue weighted by Gasteiger charge is -2.36. The average Bonchev–Trinajstić information content (AvgIpc) is 2.57. The number of nitrogens with zero attached hydrogens (tertiary/aromatic N) is 2. The Balaban J connectivity index is 1.52. The summed E-state index contributed by atoms with van der Waals surface area (Å²) in [5.41, 5.74) is 3.82. The third kappa shape index (κ3) is 3.82. The minimum atomic E-state index is 0.0730. The summed E-state index contributed by atoms with van der Waals surface area (Å²) in [4.78, 5) is 4.92. The normalized spacial score (nSPS) is 17.5. The molecule has 0 aromatic heterocycles. The highest BCUT2D eigenvalue weighted by atomic mass is 35.5. The Kier molecular flexibility index (Phi) is 5.01. The Morgan fingerprint density at radius 1 is 0.909 bits per heavy atom. The van der Waals surface area contributed by atoms with Crippen LogP contribution in [0.25, 0.3) is 0 Å². The highest BCUT2D eigenvalue weighted by Crippen LogP contribution is 2.23.